The SMILES string of the molecule is O=C(c1ccncc1)N1CCN(S(=O)(=O)c2ccc3[nH]c(=O)sc3c2)CC1. The first-order valence-corrected chi connectivity index (χ1v) is 10.5. The predicted octanol–water partition coefficient (Wildman–Crippen LogP) is 1.13. The first-order valence-electron chi connectivity index (χ1n) is 8.27. The number of pyridine rings is 1. The van der Waals surface area contributed by atoms with E-state index in [1.54, 1.807) is 35.5 Å². The Balaban J connectivity index is 1.51. The van der Waals surface area contributed by atoms with Crippen LogP contribution < -0.4 is 4.87 Å². The lowest BCUT2D eigenvalue weighted by atomic mass is 10.2. The maximum atomic E-state index is 12.9. The third kappa shape index (κ3) is 3.38. The summed E-state index contributed by atoms with van der Waals surface area (Å²) < 4.78 is 27.8. The number of sulfonamides is 1. The Morgan fingerprint density at radius 1 is 1.07 bits per heavy atom. The molecule has 10 heteroatoms. The van der Waals surface area contributed by atoms with Crippen LogP contribution in [0.4, 0.5) is 0 Å². The Bertz CT molecular complexity index is 1150. The number of aromatic amines is 1. The van der Waals surface area contributed by atoms with Crippen LogP contribution in [0.2, 0.25) is 0 Å². The molecule has 0 saturated carbocycles. The largest absolute Gasteiger partial charge is 0.336 e. The molecule has 1 aliphatic heterocycles. The molecule has 140 valence electrons. The van der Waals surface area contributed by atoms with Crippen LogP contribution in [0, 0.1) is 0 Å². The van der Waals surface area contributed by atoms with Gasteiger partial charge in [-0.15, -0.1) is 0 Å². The second-order valence-electron chi connectivity index (χ2n) is 6.10. The van der Waals surface area contributed by atoms with Gasteiger partial charge in [-0.3, -0.25) is 14.6 Å². The summed E-state index contributed by atoms with van der Waals surface area (Å²) >= 11 is 0.979. The number of aromatic nitrogens is 2. The van der Waals surface area contributed by atoms with E-state index in [9.17, 15) is 18.0 Å². The minimum absolute atomic E-state index is 0.132. The molecule has 3 heterocycles. The topological polar surface area (TPSA) is 103 Å². The third-order valence-corrected chi connectivity index (χ3v) is 7.22. The van der Waals surface area contributed by atoms with Crippen molar-refractivity contribution < 1.29 is 13.2 Å². The number of fused-ring (bicyclic) bond motifs is 1. The van der Waals surface area contributed by atoms with Crippen molar-refractivity contribution in [2.45, 2.75) is 4.90 Å². The molecule has 1 aliphatic rings. The molecule has 0 spiro atoms. The van der Waals surface area contributed by atoms with E-state index < -0.39 is 10.0 Å². The first-order chi connectivity index (χ1) is 12.9. The van der Waals surface area contributed by atoms with E-state index in [1.165, 1.54) is 16.4 Å². The number of nitrogens with one attached hydrogen (secondary N) is 1. The molecule has 1 saturated heterocycles. The Hall–Kier alpha value is -2.56. The summed E-state index contributed by atoms with van der Waals surface area (Å²) in [7, 11) is -3.68. The minimum Gasteiger partial charge on any atom is -0.336 e. The first kappa shape index (κ1) is 17.8. The number of hydrogen-bond acceptors (Lipinski definition) is 6. The van der Waals surface area contributed by atoms with Gasteiger partial charge in [-0.05, 0) is 30.3 Å². The van der Waals surface area contributed by atoms with E-state index in [-0.39, 0.29) is 28.8 Å². The van der Waals surface area contributed by atoms with Gasteiger partial charge in [0.2, 0.25) is 10.0 Å². The van der Waals surface area contributed by atoms with E-state index >= 15 is 0 Å². The molecule has 3 aromatic rings. The van der Waals surface area contributed by atoms with Gasteiger partial charge >= 0.3 is 4.87 Å². The number of carbonyl (C=O) groups excluding carboxylic acids is 1. The van der Waals surface area contributed by atoms with Crippen molar-refractivity contribution in [1.29, 1.82) is 0 Å². The molecule has 27 heavy (non-hydrogen) atoms. The number of rotatable bonds is 3. The maximum absolute atomic E-state index is 12.9. The average molecular weight is 404 g/mol. The molecule has 1 fully saturated rings. The Morgan fingerprint density at radius 2 is 1.78 bits per heavy atom. The van der Waals surface area contributed by atoms with Crippen LogP contribution in [-0.2, 0) is 10.0 Å². The highest BCUT2D eigenvalue weighted by Crippen LogP contribution is 2.23. The summed E-state index contributed by atoms with van der Waals surface area (Å²) in [5.41, 5.74) is 1.16. The molecule has 2 aromatic heterocycles. The molecule has 8 nitrogen and oxygen atoms in total. The zero-order valence-corrected chi connectivity index (χ0v) is 15.8. The summed E-state index contributed by atoms with van der Waals surface area (Å²) in [6, 6.07) is 7.89. The quantitative estimate of drug-likeness (QED) is 0.705. The molecule has 0 aliphatic carbocycles. The number of thiazole rings is 1. The molecule has 0 bridgehead atoms. The van der Waals surface area contributed by atoms with Crippen LogP contribution in [0.5, 0.6) is 0 Å². The predicted molar refractivity (Wildman–Crippen MR) is 101 cm³/mol. The van der Waals surface area contributed by atoms with Gasteiger partial charge in [0.05, 0.1) is 15.1 Å². The fourth-order valence-electron chi connectivity index (χ4n) is 3.04. The maximum Gasteiger partial charge on any atom is 0.305 e. The van der Waals surface area contributed by atoms with Crippen LogP contribution in [0.1, 0.15) is 10.4 Å². The molecular weight excluding hydrogens is 388 g/mol. The Morgan fingerprint density at radius 3 is 2.48 bits per heavy atom. The normalized spacial score (nSPS) is 15.9. The second-order valence-corrected chi connectivity index (χ2v) is 9.06. The van der Waals surface area contributed by atoms with Crippen molar-refractivity contribution in [3.63, 3.8) is 0 Å². The summed E-state index contributed by atoms with van der Waals surface area (Å²) in [6.45, 7) is 1.08. The van der Waals surface area contributed by atoms with E-state index in [0.717, 1.165) is 11.3 Å². The molecule has 4 rings (SSSR count). The van der Waals surface area contributed by atoms with Gasteiger partial charge in [0, 0.05) is 44.1 Å². The van der Waals surface area contributed by atoms with Crippen molar-refractivity contribution in [2.75, 3.05) is 26.2 Å². The van der Waals surface area contributed by atoms with Crippen molar-refractivity contribution in [3.05, 3.63) is 58.0 Å². The molecule has 0 radical (unpaired) electrons. The van der Waals surface area contributed by atoms with Crippen molar-refractivity contribution in [2.24, 2.45) is 0 Å². The molecule has 1 N–H and O–H groups in total. The van der Waals surface area contributed by atoms with Gasteiger partial charge in [0.15, 0.2) is 0 Å². The van der Waals surface area contributed by atoms with Gasteiger partial charge in [-0.25, -0.2) is 8.42 Å². The van der Waals surface area contributed by atoms with E-state index in [1.807, 2.05) is 0 Å². The van der Waals surface area contributed by atoms with Crippen molar-refractivity contribution in [1.82, 2.24) is 19.2 Å². The highest BCUT2D eigenvalue weighted by atomic mass is 32.2. The number of nitrogens with zero attached hydrogens (tertiary/aromatic N) is 3. The van der Waals surface area contributed by atoms with Crippen LogP contribution in [0.15, 0.2) is 52.4 Å². The summed E-state index contributed by atoms with van der Waals surface area (Å²) in [4.78, 5) is 32.0. The summed E-state index contributed by atoms with van der Waals surface area (Å²) in [5, 5.41) is 0. The van der Waals surface area contributed by atoms with Crippen LogP contribution in [0.25, 0.3) is 10.2 Å². The molecule has 1 aromatic carbocycles. The zero-order valence-electron chi connectivity index (χ0n) is 14.2. The van der Waals surface area contributed by atoms with Crippen LogP contribution >= 0.6 is 11.3 Å². The molecule has 0 atom stereocenters. The fourth-order valence-corrected chi connectivity index (χ4v) is 5.34. The van der Waals surface area contributed by atoms with Gasteiger partial charge in [0.1, 0.15) is 0 Å². The van der Waals surface area contributed by atoms with Gasteiger partial charge < -0.3 is 9.88 Å². The number of benzene rings is 1. The summed E-state index contributed by atoms with van der Waals surface area (Å²) in [6.07, 6.45) is 3.11. The standard InChI is InChI=1S/C17H16N4O4S2/c22-16(12-3-5-18-6-4-12)20-7-9-21(10-8-20)27(24,25)13-1-2-14-15(11-13)26-17(23)19-14/h1-6,11H,7-10H2,(H,19,23). The molecule has 0 unspecified atom stereocenters. The highest BCUT2D eigenvalue weighted by Gasteiger charge is 2.30. The van der Waals surface area contributed by atoms with E-state index in [0.29, 0.717) is 28.9 Å². The second kappa shape index (κ2) is 6.87. The Labute approximate surface area is 159 Å². The van der Waals surface area contributed by atoms with E-state index in [2.05, 4.69) is 9.97 Å². The van der Waals surface area contributed by atoms with Gasteiger partial charge in [0.25, 0.3) is 5.91 Å². The van der Waals surface area contributed by atoms with Gasteiger partial charge in [-0.1, -0.05) is 11.3 Å². The lowest BCUT2D eigenvalue weighted by Crippen LogP contribution is -2.50. The monoisotopic (exact) mass is 404 g/mol. The fraction of sp³-hybridized carbons (Fsp3) is 0.235. The number of H-pyrrole nitrogens is 1. The number of amides is 1. The van der Waals surface area contributed by atoms with Crippen molar-refractivity contribution >= 4 is 37.5 Å². The van der Waals surface area contributed by atoms with Crippen molar-refractivity contribution in [3.8, 4) is 0 Å². The smallest absolute Gasteiger partial charge is 0.305 e. The van der Waals surface area contributed by atoms with Crippen LogP contribution in [-0.4, -0.2) is 59.7 Å². The van der Waals surface area contributed by atoms with E-state index in [4.69, 9.17) is 0 Å². The lowest BCUT2D eigenvalue weighted by Gasteiger charge is -2.34. The highest BCUT2D eigenvalue weighted by molar-refractivity contribution is 7.89. The molecular formula is C17H16N4O4S2. The summed E-state index contributed by atoms with van der Waals surface area (Å²) in [5.74, 6) is -0.132. The lowest BCUT2D eigenvalue weighted by molar-refractivity contribution is 0.0698. The number of piperazine rings is 1. The third-order valence-electron chi connectivity index (χ3n) is 4.48. The minimum atomic E-state index is -3.68. The van der Waals surface area contributed by atoms with Gasteiger partial charge in [-0.2, -0.15) is 4.31 Å². The van der Waals surface area contributed by atoms with Crippen LogP contribution in [0.3, 0.4) is 0 Å². The average Bonchev–Trinajstić information content (AvgIpc) is 3.07. The zero-order chi connectivity index (χ0) is 19.0. The Kier molecular flexibility index (Phi) is 4.54. The molecule has 1 amide bonds. The number of carbonyl (C=O) groups is 1. The number of hydrogen-bond donors (Lipinski definition) is 1.